The number of halogens is 1. The molecule has 1 saturated heterocycles. The van der Waals surface area contributed by atoms with E-state index in [0.717, 1.165) is 31.7 Å². The smallest absolute Gasteiger partial charge is 0.243 e. The Bertz CT molecular complexity index is 1100. The number of hydrogen-bond acceptors (Lipinski definition) is 6. The number of benzene rings is 1. The van der Waals surface area contributed by atoms with Crippen molar-refractivity contribution in [3.05, 3.63) is 50.4 Å². The summed E-state index contributed by atoms with van der Waals surface area (Å²) >= 11 is 3.92. The van der Waals surface area contributed by atoms with Gasteiger partial charge in [0.1, 0.15) is 11.8 Å². The fourth-order valence-electron chi connectivity index (χ4n) is 4.59. The van der Waals surface area contributed by atoms with Crippen molar-refractivity contribution < 1.29 is 14.7 Å². The predicted molar refractivity (Wildman–Crippen MR) is 149 cm³/mol. The first-order chi connectivity index (χ1) is 16.5. The van der Waals surface area contributed by atoms with Crippen LogP contribution in [0.15, 0.2) is 35.5 Å². The number of carbonyl (C=O) groups excluding carboxylic acids is 2. The summed E-state index contributed by atoms with van der Waals surface area (Å²) in [6.07, 6.45) is 2.86. The SMILES string of the molecule is Cc1ncsc1-c1ccc(C(C)NC(=O)C2CCCN2C(=O)C(/C(O)=C/C(C)N)C(C)C)c(I)c1. The first-order valence-electron chi connectivity index (χ1n) is 12.0. The molecule has 3 rings (SSSR count). The van der Waals surface area contributed by atoms with Gasteiger partial charge in [-0.05, 0) is 85.4 Å². The molecule has 2 heterocycles. The maximum atomic E-state index is 13.4. The number of aliphatic hydroxyl groups excluding tert-OH is 1. The monoisotopic (exact) mass is 610 g/mol. The Morgan fingerprint density at radius 3 is 2.60 bits per heavy atom. The molecule has 0 radical (unpaired) electrons. The van der Waals surface area contributed by atoms with Crippen LogP contribution in [-0.2, 0) is 9.59 Å². The molecule has 1 aromatic carbocycles. The number of carbonyl (C=O) groups is 2. The lowest BCUT2D eigenvalue weighted by Gasteiger charge is -2.30. The van der Waals surface area contributed by atoms with Gasteiger partial charge in [-0.3, -0.25) is 9.59 Å². The van der Waals surface area contributed by atoms with Gasteiger partial charge in [0.25, 0.3) is 0 Å². The van der Waals surface area contributed by atoms with E-state index in [1.807, 2.05) is 39.3 Å². The molecule has 4 unspecified atom stereocenters. The minimum Gasteiger partial charge on any atom is -0.512 e. The van der Waals surface area contributed by atoms with Crippen LogP contribution in [-0.4, -0.2) is 45.4 Å². The molecule has 35 heavy (non-hydrogen) atoms. The van der Waals surface area contributed by atoms with Crippen molar-refractivity contribution in [3.63, 3.8) is 0 Å². The molecule has 9 heteroatoms. The normalized spacial score (nSPS) is 19.0. The van der Waals surface area contributed by atoms with Gasteiger partial charge in [0.05, 0.1) is 28.0 Å². The van der Waals surface area contributed by atoms with E-state index in [1.54, 1.807) is 23.2 Å². The van der Waals surface area contributed by atoms with Crippen molar-refractivity contribution in [2.24, 2.45) is 17.6 Å². The fourth-order valence-corrected chi connectivity index (χ4v) is 6.38. The molecule has 2 amide bonds. The summed E-state index contributed by atoms with van der Waals surface area (Å²) in [4.78, 5) is 33.8. The van der Waals surface area contributed by atoms with Gasteiger partial charge in [-0.2, -0.15) is 0 Å². The number of rotatable bonds is 8. The van der Waals surface area contributed by atoms with Crippen LogP contribution in [0.4, 0.5) is 0 Å². The minimum atomic E-state index is -0.712. The zero-order valence-electron chi connectivity index (χ0n) is 20.9. The highest BCUT2D eigenvalue weighted by molar-refractivity contribution is 14.1. The molecule has 4 atom stereocenters. The average Bonchev–Trinajstić information content (AvgIpc) is 3.41. The zero-order chi connectivity index (χ0) is 25.9. The third-order valence-corrected chi connectivity index (χ3v) is 8.27. The molecule has 1 aliphatic rings. The van der Waals surface area contributed by atoms with Gasteiger partial charge in [-0.1, -0.05) is 26.0 Å². The van der Waals surface area contributed by atoms with Gasteiger partial charge in [-0.15, -0.1) is 11.3 Å². The van der Waals surface area contributed by atoms with Crippen molar-refractivity contribution in [2.75, 3.05) is 6.54 Å². The van der Waals surface area contributed by atoms with E-state index < -0.39 is 12.0 Å². The van der Waals surface area contributed by atoms with Gasteiger partial charge in [0, 0.05) is 16.2 Å². The van der Waals surface area contributed by atoms with Gasteiger partial charge < -0.3 is 21.1 Å². The summed E-state index contributed by atoms with van der Waals surface area (Å²) in [6, 6.07) is 5.10. The summed E-state index contributed by atoms with van der Waals surface area (Å²) in [5, 5.41) is 13.7. The van der Waals surface area contributed by atoms with E-state index in [9.17, 15) is 14.7 Å². The van der Waals surface area contributed by atoms with Gasteiger partial charge >= 0.3 is 0 Å². The van der Waals surface area contributed by atoms with Crippen LogP contribution < -0.4 is 11.1 Å². The molecule has 0 aliphatic carbocycles. The molecule has 0 saturated carbocycles. The van der Waals surface area contributed by atoms with Crippen molar-refractivity contribution in [2.45, 2.75) is 65.6 Å². The Labute approximate surface area is 225 Å². The van der Waals surface area contributed by atoms with Gasteiger partial charge in [0.15, 0.2) is 0 Å². The highest BCUT2D eigenvalue weighted by Crippen LogP contribution is 2.32. The number of amides is 2. The number of nitrogens with one attached hydrogen (secondary N) is 1. The van der Waals surface area contributed by atoms with Gasteiger partial charge in [-0.25, -0.2) is 4.98 Å². The van der Waals surface area contributed by atoms with E-state index >= 15 is 0 Å². The molecule has 0 bridgehead atoms. The highest BCUT2D eigenvalue weighted by atomic mass is 127. The quantitative estimate of drug-likeness (QED) is 0.290. The number of nitrogens with zero attached hydrogens (tertiary/aromatic N) is 2. The lowest BCUT2D eigenvalue weighted by Crippen LogP contribution is -2.49. The van der Waals surface area contributed by atoms with E-state index in [1.165, 1.54) is 6.08 Å². The number of aryl methyl sites for hydroxylation is 1. The predicted octanol–water partition coefficient (Wildman–Crippen LogP) is 4.95. The van der Waals surface area contributed by atoms with Crippen molar-refractivity contribution in [3.8, 4) is 10.4 Å². The lowest BCUT2D eigenvalue weighted by molar-refractivity contribution is -0.142. The standard InChI is InChI=1S/C26H35IN4O3S/c1-14(2)23(22(32)11-15(3)28)26(34)31-10-6-7-21(31)25(33)30-16(4)19-9-8-18(12-20(19)27)24-17(5)29-13-35-24/h8-9,11-16,21,23,32H,6-7,10,28H2,1-5H3,(H,30,33)/b22-11-. The van der Waals surface area contributed by atoms with E-state index in [-0.39, 0.29) is 35.6 Å². The molecule has 2 aromatic rings. The summed E-state index contributed by atoms with van der Waals surface area (Å²) in [7, 11) is 0. The second-order valence-electron chi connectivity index (χ2n) is 9.60. The Kier molecular flexibility index (Phi) is 9.34. The average molecular weight is 611 g/mol. The summed E-state index contributed by atoms with van der Waals surface area (Å²) in [5.74, 6) is -1.25. The van der Waals surface area contributed by atoms with E-state index in [0.29, 0.717) is 13.0 Å². The first-order valence-corrected chi connectivity index (χ1v) is 13.9. The number of thiazole rings is 1. The molecule has 1 fully saturated rings. The maximum Gasteiger partial charge on any atom is 0.243 e. The number of aliphatic hydroxyl groups is 1. The third-order valence-electron chi connectivity index (χ3n) is 6.36. The van der Waals surface area contributed by atoms with Crippen molar-refractivity contribution in [1.82, 2.24) is 15.2 Å². The molecular formula is C26H35IN4O3S. The first kappa shape index (κ1) is 27.6. The van der Waals surface area contributed by atoms with Crippen LogP contribution in [0.5, 0.6) is 0 Å². The second kappa shape index (κ2) is 11.8. The van der Waals surface area contributed by atoms with Gasteiger partial charge in [0.2, 0.25) is 11.8 Å². The van der Waals surface area contributed by atoms with Crippen LogP contribution in [0.1, 0.15) is 57.8 Å². The molecule has 7 nitrogen and oxygen atoms in total. The van der Waals surface area contributed by atoms with Crippen LogP contribution in [0.25, 0.3) is 10.4 Å². The minimum absolute atomic E-state index is 0.0229. The largest absolute Gasteiger partial charge is 0.512 e. The highest BCUT2D eigenvalue weighted by Gasteiger charge is 2.39. The molecular weight excluding hydrogens is 575 g/mol. The Balaban J connectivity index is 1.74. The Hall–Kier alpha value is -1.98. The van der Waals surface area contributed by atoms with Crippen LogP contribution in [0.3, 0.4) is 0 Å². The zero-order valence-corrected chi connectivity index (χ0v) is 23.9. The summed E-state index contributed by atoms with van der Waals surface area (Å²) < 4.78 is 1.06. The molecule has 1 aromatic heterocycles. The Morgan fingerprint density at radius 1 is 1.31 bits per heavy atom. The third kappa shape index (κ3) is 6.42. The second-order valence-corrected chi connectivity index (χ2v) is 11.6. The number of likely N-dealkylation sites (tertiary alicyclic amines) is 1. The number of nitrogens with two attached hydrogens (primary N) is 1. The van der Waals surface area contributed by atoms with Crippen molar-refractivity contribution >= 4 is 45.7 Å². The summed E-state index contributed by atoms with van der Waals surface area (Å²) in [5.41, 5.74) is 10.8. The number of aromatic nitrogens is 1. The summed E-state index contributed by atoms with van der Waals surface area (Å²) in [6.45, 7) is 9.99. The molecule has 1 aliphatic heterocycles. The number of hydrogen-bond donors (Lipinski definition) is 3. The van der Waals surface area contributed by atoms with E-state index in [2.05, 4.69) is 45.0 Å². The van der Waals surface area contributed by atoms with Crippen molar-refractivity contribution in [1.29, 1.82) is 0 Å². The van der Waals surface area contributed by atoms with Crippen LogP contribution >= 0.6 is 33.9 Å². The topological polar surface area (TPSA) is 109 Å². The molecule has 0 spiro atoms. The Morgan fingerprint density at radius 2 is 2.03 bits per heavy atom. The molecule has 4 N–H and O–H groups in total. The van der Waals surface area contributed by atoms with E-state index in [4.69, 9.17) is 5.73 Å². The molecule has 190 valence electrons. The van der Waals surface area contributed by atoms with Crippen LogP contribution in [0.2, 0.25) is 0 Å². The lowest BCUT2D eigenvalue weighted by atomic mass is 9.91. The van der Waals surface area contributed by atoms with Crippen LogP contribution in [0, 0.1) is 22.3 Å². The fraction of sp³-hybridized carbons (Fsp3) is 0.500. The maximum absolute atomic E-state index is 13.4.